The zero-order valence-corrected chi connectivity index (χ0v) is 10.2. The smallest absolute Gasteiger partial charge is 0.148 e. The van der Waals surface area contributed by atoms with Gasteiger partial charge in [-0.2, -0.15) is 0 Å². The molecule has 0 unspecified atom stereocenters. The Morgan fingerprint density at radius 3 is 2.94 bits per heavy atom. The van der Waals surface area contributed by atoms with E-state index in [0.717, 1.165) is 16.9 Å². The van der Waals surface area contributed by atoms with Crippen molar-refractivity contribution in [3.63, 3.8) is 0 Å². The molecule has 6 heteroatoms. The van der Waals surface area contributed by atoms with Crippen molar-refractivity contribution in [3.05, 3.63) is 40.1 Å². The molecule has 0 fully saturated rings. The van der Waals surface area contributed by atoms with Crippen molar-refractivity contribution in [2.45, 2.75) is 6.61 Å². The van der Waals surface area contributed by atoms with E-state index in [2.05, 4.69) is 9.97 Å². The van der Waals surface area contributed by atoms with Crippen LogP contribution in [0.1, 0.15) is 5.01 Å². The Kier molecular flexibility index (Phi) is 2.58. The first-order valence-corrected chi connectivity index (χ1v) is 6.22. The molecule has 0 aromatic carbocycles. The van der Waals surface area contributed by atoms with Crippen LogP contribution in [-0.4, -0.2) is 19.5 Å². The largest absolute Gasteiger partial charge is 0.389 e. The summed E-state index contributed by atoms with van der Waals surface area (Å²) in [7, 11) is 0. The first kappa shape index (κ1) is 10.7. The molecule has 3 heterocycles. The SMILES string of the molecule is OCc1nc(-c2ccc3nc(Cl)cn3c2)cs1. The van der Waals surface area contributed by atoms with Gasteiger partial charge in [0, 0.05) is 23.3 Å². The van der Waals surface area contributed by atoms with Crippen molar-refractivity contribution < 1.29 is 5.11 Å². The quantitative estimate of drug-likeness (QED) is 0.775. The Morgan fingerprint density at radius 1 is 1.29 bits per heavy atom. The van der Waals surface area contributed by atoms with Crippen LogP contribution in [0.4, 0.5) is 0 Å². The van der Waals surface area contributed by atoms with E-state index in [1.165, 1.54) is 11.3 Å². The molecule has 3 aromatic rings. The number of aliphatic hydroxyl groups is 1. The number of pyridine rings is 1. The van der Waals surface area contributed by atoms with Crippen LogP contribution < -0.4 is 0 Å². The molecule has 0 radical (unpaired) electrons. The molecule has 3 rings (SSSR count). The highest BCUT2D eigenvalue weighted by atomic mass is 35.5. The molecule has 0 aliphatic carbocycles. The molecule has 0 saturated heterocycles. The Bertz CT molecular complexity index is 676. The third-order valence-corrected chi connectivity index (χ3v) is 3.42. The lowest BCUT2D eigenvalue weighted by Gasteiger charge is -1.98. The highest BCUT2D eigenvalue weighted by Crippen LogP contribution is 2.23. The van der Waals surface area contributed by atoms with Crippen LogP contribution >= 0.6 is 22.9 Å². The lowest BCUT2D eigenvalue weighted by atomic mass is 10.2. The van der Waals surface area contributed by atoms with Crippen molar-refractivity contribution in [2.75, 3.05) is 0 Å². The summed E-state index contributed by atoms with van der Waals surface area (Å²) in [5.74, 6) is 0. The highest BCUT2D eigenvalue weighted by molar-refractivity contribution is 7.09. The Balaban J connectivity index is 2.10. The van der Waals surface area contributed by atoms with Crippen LogP contribution in [0.15, 0.2) is 29.9 Å². The van der Waals surface area contributed by atoms with Crippen LogP contribution in [0.2, 0.25) is 5.15 Å². The molecule has 4 nitrogen and oxygen atoms in total. The number of aliphatic hydroxyl groups excluding tert-OH is 1. The number of halogens is 1. The van der Waals surface area contributed by atoms with Crippen molar-refractivity contribution in [1.82, 2.24) is 14.4 Å². The van der Waals surface area contributed by atoms with Crippen LogP contribution in [0.3, 0.4) is 0 Å². The second kappa shape index (κ2) is 4.10. The van der Waals surface area contributed by atoms with Gasteiger partial charge in [0.2, 0.25) is 0 Å². The number of nitrogens with zero attached hydrogens (tertiary/aromatic N) is 3. The van der Waals surface area contributed by atoms with E-state index in [4.69, 9.17) is 16.7 Å². The molecule has 0 aliphatic heterocycles. The summed E-state index contributed by atoms with van der Waals surface area (Å²) in [6, 6.07) is 3.83. The maximum atomic E-state index is 8.99. The van der Waals surface area contributed by atoms with Crippen molar-refractivity contribution >= 4 is 28.6 Å². The van der Waals surface area contributed by atoms with Gasteiger partial charge in [0.1, 0.15) is 15.8 Å². The number of rotatable bonds is 2. The van der Waals surface area contributed by atoms with Gasteiger partial charge < -0.3 is 9.51 Å². The minimum Gasteiger partial charge on any atom is -0.389 e. The molecule has 0 bridgehead atoms. The Morgan fingerprint density at radius 2 is 2.18 bits per heavy atom. The lowest BCUT2D eigenvalue weighted by molar-refractivity contribution is 0.281. The molecule has 0 spiro atoms. The number of aromatic nitrogens is 3. The van der Waals surface area contributed by atoms with Gasteiger partial charge in [-0.25, -0.2) is 9.97 Å². The summed E-state index contributed by atoms with van der Waals surface area (Å²) in [6.07, 6.45) is 3.67. The topological polar surface area (TPSA) is 50.4 Å². The van der Waals surface area contributed by atoms with E-state index in [-0.39, 0.29) is 6.61 Å². The van der Waals surface area contributed by atoms with E-state index >= 15 is 0 Å². The number of imidazole rings is 1. The van der Waals surface area contributed by atoms with E-state index in [1.54, 1.807) is 6.20 Å². The molecule has 1 N–H and O–H groups in total. The number of fused-ring (bicyclic) bond motifs is 1. The van der Waals surface area contributed by atoms with E-state index < -0.39 is 0 Å². The minimum absolute atomic E-state index is 0.0240. The molecular formula is C11H8ClN3OS. The fourth-order valence-corrected chi connectivity index (χ4v) is 2.48. The van der Waals surface area contributed by atoms with Crippen molar-refractivity contribution in [1.29, 1.82) is 0 Å². The molecule has 17 heavy (non-hydrogen) atoms. The molecule has 0 amide bonds. The normalized spacial score (nSPS) is 11.2. The number of thiazole rings is 1. The van der Waals surface area contributed by atoms with Crippen molar-refractivity contribution in [3.8, 4) is 11.3 Å². The monoisotopic (exact) mass is 265 g/mol. The Hall–Kier alpha value is -1.43. The summed E-state index contributed by atoms with van der Waals surface area (Å²) in [4.78, 5) is 8.45. The van der Waals surface area contributed by atoms with Gasteiger partial charge in [-0.05, 0) is 12.1 Å². The molecule has 86 valence electrons. The highest BCUT2D eigenvalue weighted by Gasteiger charge is 2.06. The van der Waals surface area contributed by atoms with Crippen LogP contribution in [0, 0.1) is 0 Å². The minimum atomic E-state index is -0.0240. The first-order valence-electron chi connectivity index (χ1n) is 4.96. The number of hydrogen-bond donors (Lipinski definition) is 1. The van der Waals surface area contributed by atoms with Gasteiger partial charge >= 0.3 is 0 Å². The summed E-state index contributed by atoms with van der Waals surface area (Å²) in [5, 5.41) is 12.1. The summed E-state index contributed by atoms with van der Waals surface area (Å²) >= 11 is 7.27. The van der Waals surface area contributed by atoms with E-state index in [9.17, 15) is 0 Å². The summed E-state index contributed by atoms with van der Waals surface area (Å²) in [5.41, 5.74) is 2.63. The summed E-state index contributed by atoms with van der Waals surface area (Å²) < 4.78 is 1.86. The second-order valence-electron chi connectivity index (χ2n) is 3.53. The van der Waals surface area contributed by atoms with Crippen LogP contribution in [0.5, 0.6) is 0 Å². The zero-order valence-electron chi connectivity index (χ0n) is 8.67. The summed E-state index contributed by atoms with van der Waals surface area (Å²) in [6.45, 7) is -0.0240. The van der Waals surface area contributed by atoms with Crippen LogP contribution in [0.25, 0.3) is 16.9 Å². The molecule has 3 aromatic heterocycles. The molecule has 0 saturated carbocycles. The fraction of sp³-hybridized carbons (Fsp3) is 0.0909. The van der Waals surface area contributed by atoms with Gasteiger partial charge in [-0.3, -0.25) is 0 Å². The maximum absolute atomic E-state index is 8.99. The average Bonchev–Trinajstić information content (AvgIpc) is 2.92. The first-order chi connectivity index (χ1) is 8.26. The molecule has 0 atom stereocenters. The van der Waals surface area contributed by atoms with Gasteiger partial charge in [0.25, 0.3) is 0 Å². The molecular weight excluding hydrogens is 258 g/mol. The van der Waals surface area contributed by atoms with E-state index in [0.29, 0.717) is 10.2 Å². The second-order valence-corrected chi connectivity index (χ2v) is 4.86. The third kappa shape index (κ3) is 1.93. The lowest BCUT2D eigenvalue weighted by Crippen LogP contribution is -1.86. The average molecular weight is 266 g/mol. The van der Waals surface area contributed by atoms with Gasteiger partial charge in [-0.1, -0.05) is 11.6 Å². The predicted octanol–water partition coefficient (Wildman–Crippen LogP) is 2.60. The molecule has 0 aliphatic rings. The van der Waals surface area contributed by atoms with Gasteiger partial charge in [0.15, 0.2) is 0 Å². The van der Waals surface area contributed by atoms with Gasteiger partial charge in [-0.15, -0.1) is 11.3 Å². The standard InChI is InChI=1S/C11H8ClN3OS/c12-9-4-15-3-7(1-2-10(15)14-9)8-6-17-11(5-16)13-8/h1-4,6,16H,5H2. The Labute approximate surface area is 106 Å². The fourth-order valence-electron chi connectivity index (χ4n) is 1.63. The third-order valence-electron chi connectivity index (χ3n) is 2.40. The van der Waals surface area contributed by atoms with E-state index in [1.807, 2.05) is 28.1 Å². The van der Waals surface area contributed by atoms with Crippen molar-refractivity contribution in [2.24, 2.45) is 0 Å². The van der Waals surface area contributed by atoms with Crippen LogP contribution in [-0.2, 0) is 6.61 Å². The number of hydrogen-bond acceptors (Lipinski definition) is 4. The predicted molar refractivity (Wildman–Crippen MR) is 67.2 cm³/mol. The zero-order chi connectivity index (χ0) is 11.8. The van der Waals surface area contributed by atoms with Gasteiger partial charge in [0.05, 0.1) is 12.3 Å². The maximum Gasteiger partial charge on any atom is 0.148 e.